The van der Waals surface area contributed by atoms with E-state index < -0.39 is 0 Å². The fourth-order valence-corrected chi connectivity index (χ4v) is 4.25. The van der Waals surface area contributed by atoms with Crippen molar-refractivity contribution >= 4 is 33.4 Å². The van der Waals surface area contributed by atoms with Crippen molar-refractivity contribution in [3.8, 4) is 0 Å². The van der Waals surface area contributed by atoms with Crippen LogP contribution in [0.25, 0.3) is 0 Å². The zero-order valence-electron chi connectivity index (χ0n) is 12.1. The van der Waals surface area contributed by atoms with Crippen molar-refractivity contribution in [1.29, 1.82) is 0 Å². The van der Waals surface area contributed by atoms with E-state index in [9.17, 15) is 4.79 Å². The maximum absolute atomic E-state index is 12.9. The number of hydrogen-bond donors (Lipinski definition) is 1. The third-order valence-corrected chi connectivity index (χ3v) is 5.97. The van der Waals surface area contributed by atoms with Gasteiger partial charge in [-0.3, -0.25) is 4.79 Å². The molecule has 114 valence electrons. The highest BCUT2D eigenvalue weighted by molar-refractivity contribution is 9.10. The average molecular weight is 372 g/mol. The number of nitrogens with one attached hydrogen (secondary N) is 1. The Kier molecular flexibility index (Phi) is 4.57. The summed E-state index contributed by atoms with van der Waals surface area (Å²) in [6.45, 7) is 2.78. The van der Waals surface area contributed by atoms with E-state index in [1.54, 1.807) is 0 Å². The van der Waals surface area contributed by atoms with Gasteiger partial charge in [-0.25, -0.2) is 0 Å². The summed E-state index contributed by atoms with van der Waals surface area (Å²) >= 11 is 9.69. The Hall–Kier alpha value is -0.580. The van der Waals surface area contributed by atoms with E-state index in [1.807, 2.05) is 30.0 Å². The van der Waals surface area contributed by atoms with Crippen LogP contribution in [0.1, 0.15) is 43.0 Å². The lowest BCUT2D eigenvalue weighted by atomic mass is 9.97. The van der Waals surface area contributed by atoms with Crippen molar-refractivity contribution < 1.29 is 4.79 Å². The van der Waals surface area contributed by atoms with Crippen LogP contribution in [0.3, 0.4) is 0 Å². The van der Waals surface area contributed by atoms with Gasteiger partial charge < -0.3 is 10.2 Å². The Balaban J connectivity index is 1.82. The topological polar surface area (TPSA) is 32.3 Å². The van der Waals surface area contributed by atoms with Gasteiger partial charge in [-0.1, -0.05) is 17.7 Å². The van der Waals surface area contributed by atoms with Gasteiger partial charge in [0.05, 0.1) is 10.6 Å². The van der Waals surface area contributed by atoms with Crippen LogP contribution in [0.5, 0.6) is 0 Å². The first kappa shape index (κ1) is 15.3. The van der Waals surface area contributed by atoms with Crippen molar-refractivity contribution in [2.45, 2.75) is 50.7 Å². The summed E-state index contributed by atoms with van der Waals surface area (Å²) in [5.41, 5.74) is 0.596. The quantitative estimate of drug-likeness (QED) is 0.875. The summed E-state index contributed by atoms with van der Waals surface area (Å²) in [7, 11) is 0. The number of nitrogens with zero attached hydrogens (tertiary/aromatic N) is 1. The minimum absolute atomic E-state index is 0.0510. The first-order valence-electron chi connectivity index (χ1n) is 7.61. The van der Waals surface area contributed by atoms with E-state index in [0.29, 0.717) is 28.7 Å². The van der Waals surface area contributed by atoms with Crippen LogP contribution in [-0.4, -0.2) is 35.5 Å². The Labute approximate surface area is 139 Å². The van der Waals surface area contributed by atoms with Crippen LogP contribution < -0.4 is 5.32 Å². The molecule has 0 aromatic heterocycles. The van der Waals surface area contributed by atoms with Crippen molar-refractivity contribution in [1.82, 2.24) is 10.2 Å². The van der Waals surface area contributed by atoms with E-state index in [0.717, 1.165) is 23.9 Å². The fourth-order valence-electron chi connectivity index (χ4n) is 3.67. The van der Waals surface area contributed by atoms with Gasteiger partial charge in [0.25, 0.3) is 5.91 Å². The van der Waals surface area contributed by atoms with Crippen molar-refractivity contribution in [2.75, 3.05) is 6.54 Å². The van der Waals surface area contributed by atoms with Gasteiger partial charge in [0, 0.05) is 29.1 Å². The van der Waals surface area contributed by atoms with Gasteiger partial charge >= 0.3 is 0 Å². The monoisotopic (exact) mass is 370 g/mol. The number of hydrogen-bond acceptors (Lipinski definition) is 2. The molecule has 2 saturated heterocycles. The number of amides is 1. The maximum atomic E-state index is 12.9. The molecule has 1 amide bonds. The van der Waals surface area contributed by atoms with Crippen LogP contribution >= 0.6 is 27.5 Å². The highest BCUT2D eigenvalue weighted by Crippen LogP contribution is 2.32. The van der Waals surface area contributed by atoms with E-state index in [1.165, 1.54) is 12.8 Å². The molecule has 21 heavy (non-hydrogen) atoms. The highest BCUT2D eigenvalue weighted by Gasteiger charge is 2.37. The normalized spacial score (nSPS) is 27.7. The maximum Gasteiger partial charge on any atom is 0.255 e. The minimum atomic E-state index is 0.0510. The molecule has 1 aromatic carbocycles. The van der Waals surface area contributed by atoms with Crippen LogP contribution in [0, 0.1) is 0 Å². The second-order valence-corrected chi connectivity index (χ2v) is 7.19. The molecule has 0 aliphatic carbocycles. The molecular formula is C16H20BrClN2O. The fraction of sp³-hybridized carbons (Fsp3) is 0.562. The molecule has 3 rings (SSSR count). The van der Waals surface area contributed by atoms with Crippen LogP contribution in [0.15, 0.2) is 22.7 Å². The van der Waals surface area contributed by atoms with Crippen molar-refractivity contribution in [3.05, 3.63) is 33.3 Å². The van der Waals surface area contributed by atoms with Crippen LogP contribution in [0.4, 0.5) is 0 Å². The summed E-state index contributed by atoms with van der Waals surface area (Å²) in [6.07, 6.45) is 4.60. The Morgan fingerprint density at radius 1 is 1.38 bits per heavy atom. The largest absolute Gasteiger partial charge is 0.336 e. The number of benzene rings is 1. The number of piperidine rings is 1. The molecule has 1 aromatic rings. The van der Waals surface area contributed by atoms with E-state index >= 15 is 0 Å². The predicted molar refractivity (Wildman–Crippen MR) is 88.8 cm³/mol. The molecule has 2 aliphatic heterocycles. The molecule has 2 fully saturated rings. The number of fused-ring (bicyclic) bond motifs is 2. The molecular weight excluding hydrogens is 352 g/mol. The summed E-state index contributed by atoms with van der Waals surface area (Å²) in [6, 6.07) is 7.02. The number of carbonyl (C=O) groups excluding carboxylic acids is 1. The molecule has 2 atom stereocenters. The number of carbonyl (C=O) groups is 1. The summed E-state index contributed by atoms with van der Waals surface area (Å²) < 4.78 is 0.774. The molecule has 0 radical (unpaired) electrons. The lowest BCUT2D eigenvalue weighted by molar-refractivity contribution is 0.0631. The van der Waals surface area contributed by atoms with E-state index in [2.05, 4.69) is 21.2 Å². The van der Waals surface area contributed by atoms with E-state index in [4.69, 9.17) is 11.6 Å². The molecule has 0 spiro atoms. The third kappa shape index (κ3) is 2.99. The Morgan fingerprint density at radius 3 is 2.67 bits per heavy atom. The van der Waals surface area contributed by atoms with Gasteiger partial charge in [0.15, 0.2) is 0 Å². The predicted octanol–water partition coefficient (Wildman–Crippen LogP) is 3.85. The molecule has 2 heterocycles. The number of halogens is 2. The lowest BCUT2D eigenvalue weighted by Crippen LogP contribution is -2.50. The third-order valence-electron chi connectivity index (χ3n) is 4.67. The SMILES string of the molecule is CCN(C(=O)c1cccc(Br)c1Cl)C1CC2CCC(C1)N2. The van der Waals surface area contributed by atoms with Crippen LogP contribution in [0.2, 0.25) is 5.02 Å². The lowest BCUT2D eigenvalue weighted by Gasteiger charge is -2.37. The molecule has 5 heteroatoms. The van der Waals surface area contributed by atoms with Gasteiger partial charge in [0.2, 0.25) is 0 Å². The van der Waals surface area contributed by atoms with Crippen molar-refractivity contribution in [2.24, 2.45) is 0 Å². The van der Waals surface area contributed by atoms with E-state index in [-0.39, 0.29) is 5.91 Å². The molecule has 3 nitrogen and oxygen atoms in total. The zero-order chi connectivity index (χ0) is 15.0. The molecule has 1 N–H and O–H groups in total. The zero-order valence-corrected chi connectivity index (χ0v) is 14.5. The van der Waals surface area contributed by atoms with Crippen molar-refractivity contribution in [3.63, 3.8) is 0 Å². The molecule has 2 aliphatic rings. The molecule has 2 bridgehead atoms. The first-order chi connectivity index (χ1) is 10.1. The average Bonchev–Trinajstić information content (AvgIpc) is 2.81. The van der Waals surface area contributed by atoms with Crippen LogP contribution in [-0.2, 0) is 0 Å². The summed E-state index contributed by atoms with van der Waals surface area (Å²) in [5, 5.41) is 4.14. The smallest absolute Gasteiger partial charge is 0.255 e. The highest BCUT2D eigenvalue weighted by atomic mass is 79.9. The van der Waals surface area contributed by atoms with Gasteiger partial charge in [0.1, 0.15) is 0 Å². The second kappa shape index (κ2) is 6.27. The molecule has 0 saturated carbocycles. The number of rotatable bonds is 3. The van der Waals surface area contributed by atoms with Gasteiger partial charge in [-0.15, -0.1) is 0 Å². The minimum Gasteiger partial charge on any atom is -0.336 e. The second-order valence-electron chi connectivity index (χ2n) is 5.96. The molecule has 2 unspecified atom stereocenters. The Bertz CT molecular complexity index is 539. The van der Waals surface area contributed by atoms with Gasteiger partial charge in [-0.05, 0) is 60.7 Å². The summed E-state index contributed by atoms with van der Waals surface area (Å²) in [4.78, 5) is 14.9. The van der Waals surface area contributed by atoms with Gasteiger partial charge in [-0.2, -0.15) is 0 Å². The Morgan fingerprint density at radius 2 is 2.05 bits per heavy atom. The summed E-state index contributed by atoms with van der Waals surface area (Å²) in [5.74, 6) is 0.0510. The standard InChI is InChI=1S/C16H20BrClN2O/c1-2-20(12-8-10-6-7-11(9-12)19-10)16(21)13-4-3-5-14(17)15(13)18/h3-5,10-12,19H,2,6-9H2,1H3. The first-order valence-corrected chi connectivity index (χ1v) is 8.78.